The zero-order valence-electron chi connectivity index (χ0n) is 19.9. The van der Waals surface area contributed by atoms with Crippen LogP contribution >= 0.6 is 0 Å². The van der Waals surface area contributed by atoms with E-state index in [0.717, 1.165) is 6.42 Å². The maximum absolute atomic E-state index is 3.30. The minimum absolute atomic E-state index is 0. The molecule has 4 aromatic rings. The maximum atomic E-state index is 3.30. The maximum Gasteiger partial charge on any atom is -0.0253 e. The first-order valence-corrected chi connectivity index (χ1v) is 16.1. The van der Waals surface area contributed by atoms with E-state index < -0.39 is 0 Å². The Bertz CT molecular complexity index is 910. The molecule has 0 radical (unpaired) electrons. The van der Waals surface area contributed by atoms with Crippen LogP contribution < -0.4 is 0 Å². The molecule has 0 nitrogen and oxygen atoms in total. The molecule has 0 amide bonds. The Kier molecular flexibility index (Phi) is 10.3. The monoisotopic (exact) mass is 473 g/mol. The van der Waals surface area contributed by atoms with Gasteiger partial charge in [-0.3, -0.25) is 0 Å². The Balaban J connectivity index is 0.000000427. The van der Waals surface area contributed by atoms with Crippen molar-refractivity contribution in [1.82, 2.24) is 0 Å². The largest absolute Gasteiger partial charge is 1.00 e. The van der Waals surface area contributed by atoms with Crippen molar-refractivity contribution in [3.05, 3.63) is 119 Å². The fourth-order valence-electron chi connectivity index (χ4n) is 2.94. The van der Waals surface area contributed by atoms with Crippen molar-refractivity contribution in [3.63, 3.8) is 0 Å². The summed E-state index contributed by atoms with van der Waals surface area (Å²) >= 11 is 1.74. The molecule has 0 N–H and O–H groups in total. The van der Waals surface area contributed by atoms with Crippen LogP contribution in [0.1, 0.15) is 25.1 Å². The zero-order chi connectivity index (χ0) is 21.1. The van der Waals surface area contributed by atoms with Crippen LogP contribution in [0, 0.1) is 19.9 Å². The molecule has 0 saturated carbocycles. The molecule has 1 aliphatic carbocycles. The molecule has 0 aromatic heterocycles. The molecule has 4 aromatic carbocycles. The van der Waals surface area contributed by atoms with Gasteiger partial charge in [-0.15, -0.1) is 5.56 Å². The number of rotatable bonds is 0. The van der Waals surface area contributed by atoms with E-state index in [9.17, 15) is 0 Å². The van der Waals surface area contributed by atoms with Crippen molar-refractivity contribution in [2.75, 3.05) is 0 Å². The van der Waals surface area contributed by atoms with Gasteiger partial charge in [0.25, 0.3) is 0 Å². The number of benzene rings is 2. The predicted octanol–water partition coefficient (Wildman–Crippen LogP) is 7.50. The molecule has 29 heavy (non-hydrogen) atoms. The first-order valence-electron chi connectivity index (χ1n) is 9.93. The molecule has 0 fully saturated rings. The zero-order valence-corrected chi connectivity index (χ0v) is 21.3. The molecule has 0 saturated heterocycles. The SMILES string of the molecule is C[Si](C)=[Zr].C[c-]1cccc1.C[c-]1cccc1.[H-].[H-].[c-]1cccc2c1Cc1ccccc1-2. The van der Waals surface area contributed by atoms with Crippen molar-refractivity contribution in [2.24, 2.45) is 0 Å². The second-order valence-corrected chi connectivity index (χ2v) is 16.7. The molecule has 152 valence electrons. The molecular formula is C27H31SiZr-5. The summed E-state index contributed by atoms with van der Waals surface area (Å²) < 4.78 is 0. The second kappa shape index (κ2) is 12.7. The minimum atomic E-state index is 0. The van der Waals surface area contributed by atoms with Gasteiger partial charge in [0.1, 0.15) is 0 Å². The van der Waals surface area contributed by atoms with Crippen molar-refractivity contribution >= 4 is 5.43 Å². The molecular weight excluding hydrogens is 444 g/mol. The summed E-state index contributed by atoms with van der Waals surface area (Å²) in [6.07, 6.45) is 1.05. The van der Waals surface area contributed by atoms with Crippen LogP contribution in [-0.4, -0.2) is 5.43 Å². The predicted molar refractivity (Wildman–Crippen MR) is 127 cm³/mol. The fraction of sp³-hybridized carbons (Fsp3) is 0.185. The quantitative estimate of drug-likeness (QED) is 0.161. The van der Waals surface area contributed by atoms with Gasteiger partial charge in [-0.05, 0) is 6.42 Å². The molecule has 0 unspecified atom stereocenters. The third-order valence-electron chi connectivity index (χ3n) is 4.28. The molecule has 0 heterocycles. The fourth-order valence-corrected chi connectivity index (χ4v) is 2.94. The number of hydrogen-bond donors (Lipinski definition) is 0. The van der Waals surface area contributed by atoms with Crippen molar-refractivity contribution < 1.29 is 26.2 Å². The summed E-state index contributed by atoms with van der Waals surface area (Å²) in [4.78, 5) is 0. The Morgan fingerprint density at radius 2 is 1.28 bits per heavy atom. The van der Waals surface area contributed by atoms with Gasteiger partial charge in [0.2, 0.25) is 0 Å². The normalized spacial score (nSPS) is 10.0. The summed E-state index contributed by atoms with van der Waals surface area (Å²) in [6, 6.07) is 34.6. The Hall–Kier alpha value is -1.76. The smallest absolute Gasteiger partial charge is 0.0253 e. The summed E-state index contributed by atoms with van der Waals surface area (Å²) in [5.41, 5.74) is 8.41. The summed E-state index contributed by atoms with van der Waals surface area (Å²) in [5, 5.41) is 0. The van der Waals surface area contributed by atoms with E-state index in [1.807, 2.05) is 30.3 Å². The Morgan fingerprint density at radius 3 is 1.76 bits per heavy atom. The molecule has 0 spiro atoms. The van der Waals surface area contributed by atoms with Crippen LogP contribution in [-0.2, 0) is 29.8 Å². The Labute approximate surface area is 194 Å². The van der Waals surface area contributed by atoms with Crippen LogP contribution in [0.15, 0.2) is 91.0 Å². The van der Waals surface area contributed by atoms with Crippen LogP contribution in [0.5, 0.6) is 0 Å². The van der Waals surface area contributed by atoms with Crippen molar-refractivity contribution in [2.45, 2.75) is 33.4 Å². The second-order valence-electron chi connectivity index (χ2n) is 7.32. The summed E-state index contributed by atoms with van der Waals surface area (Å²) in [6.45, 7) is 8.78. The van der Waals surface area contributed by atoms with E-state index in [2.05, 4.69) is 93.7 Å². The van der Waals surface area contributed by atoms with Gasteiger partial charge >= 0.3 is 41.9 Å². The average molecular weight is 475 g/mol. The minimum Gasteiger partial charge on any atom is -1.00 e. The van der Waals surface area contributed by atoms with Crippen molar-refractivity contribution in [1.29, 1.82) is 0 Å². The third kappa shape index (κ3) is 8.64. The van der Waals surface area contributed by atoms with E-state index in [0.29, 0.717) is 0 Å². The number of hydrogen-bond acceptors (Lipinski definition) is 0. The number of fused-ring (bicyclic) bond motifs is 3. The van der Waals surface area contributed by atoms with E-state index in [-0.39, 0.29) is 8.29 Å². The van der Waals surface area contributed by atoms with Gasteiger partial charge in [-0.25, -0.2) is 24.3 Å². The van der Waals surface area contributed by atoms with Crippen LogP contribution in [0.25, 0.3) is 11.1 Å². The van der Waals surface area contributed by atoms with E-state index >= 15 is 0 Å². The average Bonchev–Trinajstić information content (AvgIpc) is 3.43. The molecule has 0 bridgehead atoms. The third-order valence-corrected chi connectivity index (χ3v) is 4.28. The first-order chi connectivity index (χ1) is 14.0. The molecule has 0 atom stereocenters. The van der Waals surface area contributed by atoms with Gasteiger partial charge in [0, 0.05) is 0 Å². The van der Waals surface area contributed by atoms with E-state index in [1.54, 1.807) is 23.3 Å². The van der Waals surface area contributed by atoms with E-state index in [1.165, 1.54) is 33.4 Å². The molecule has 1 aliphatic rings. The number of aryl methyl sites for hydroxylation is 2. The topological polar surface area (TPSA) is 0 Å². The van der Waals surface area contributed by atoms with Gasteiger partial charge < -0.3 is 2.85 Å². The standard InChI is InChI=1S/C13H9.2C6H7.C2H6Si.Zr.2H/c1-3-7-12-10(5-1)9-11-6-2-4-8-13(11)12;2*1-6-4-2-3-5-6;1-3-2;;;/h1-5,7-8H,9H2;2*2-5H,1H3;1-2H3;;;/q3*-1;;;2*-1. The van der Waals surface area contributed by atoms with Crippen LogP contribution in [0.4, 0.5) is 0 Å². The Morgan fingerprint density at radius 1 is 0.793 bits per heavy atom. The van der Waals surface area contributed by atoms with E-state index in [4.69, 9.17) is 0 Å². The first kappa shape index (κ1) is 23.5. The molecule has 5 rings (SSSR count). The van der Waals surface area contributed by atoms with Crippen molar-refractivity contribution in [3.8, 4) is 11.1 Å². The van der Waals surface area contributed by atoms with Gasteiger partial charge in [0.05, 0.1) is 0 Å². The van der Waals surface area contributed by atoms with Crippen LogP contribution in [0.3, 0.4) is 0 Å². The van der Waals surface area contributed by atoms with Gasteiger partial charge in [-0.1, -0.05) is 49.2 Å². The summed E-state index contributed by atoms with van der Waals surface area (Å²) in [5.74, 6) is 0. The molecule has 2 heteroatoms. The van der Waals surface area contributed by atoms with Crippen LogP contribution in [0.2, 0.25) is 13.1 Å². The molecule has 0 aliphatic heterocycles. The van der Waals surface area contributed by atoms with Gasteiger partial charge in [0.15, 0.2) is 0 Å². The van der Waals surface area contributed by atoms with Gasteiger partial charge in [-0.2, -0.15) is 65.2 Å². The summed E-state index contributed by atoms with van der Waals surface area (Å²) in [7, 11) is 0.